The molecule has 0 radical (unpaired) electrons. The van der Waals surface area contributed by atoms with E-state index in [0.29, 0.717) is 18.4 Å². The van der Waals surface area contributed by atoms with Crippen molar-refractivity contribution in [2.45, 2.75) is 24.4 Å². The number of carbonyl (C=O) groups excluding carboxylic acids is 1. The molecule has 6 nitrogen and oxygen atoms in total. The Morgan fingerprint density at radius 1 is 1.30 bits per heavy atom. The van der Waals surface area contributed by atoms with E-state index in [0.717, 1.165) is 6.07 Å². The van der Waals surface area contributed by atoms with Crippen LogP contribution in [0.25, 0.3) is 10.9 Å². The first-order valence-corrected chi connectivity index (χ1v) is 9.49. The van der Waals surface area contributed by atoms with E-state index in [2.05, 4.69) is 4.98 Å². The third-order valence-corrected chi connectivity index (χ3v) is 5.54. The van der Waals surface area contributed by atoms with E-state index in [9.17, 15) is 30.8 Å². The van der Waals surface area contributed by atoms with Crippen LogP contribution in [0.15, 0.2) is 30.5 Å². The van der Waals surface area contributed by atoms with Gasteiger partial charge < -0.3 is 4.90 Å². The number of aromatic nitrogens is 1. The first-order chi connectivity index (χ1) is 12.6. The summed E-state index contributed by atoms with van der Waals surface area (Å²) in [6, 6.07) is 4.45. The Kier molecular flexibility index (Phi) is 5.08. The standard InChI is InChI=1S/C16H15F4N3O3S/c17-10-3-4-14-13(8-10)12(5-6-21-14)15(24)23-7-1-2-11(23)9-22-27(25,26)16(18,19)20/h3-6,8,11,22H,1-2,7,9H2. The van der Waals surface area contributed by atoms with E-state index < -0.39 is 39.8 Å². The molecule has 2 heterocycles. The molecule has 1 fully saturated rings. The van der Waals surface area contributed by atoms with Crippen LogP contribution in [0, 0.1) is 5.82 Å². The van der Waals surface area contributed by atoms with Crippen LogP contribution in [0.4, 0.5) is 17.6 Å². The van der Waals surface area contributed by atoms with Gasteiger partial charge >= 0.3 is 15.5 Å². The van der Waals surface area contributed by atoms with Gasteiger partial charge in [-0.2, -0.15) is 13.2 Å². The number of carbonyl (C=O) groups is 1. The molecular formula is C16H15F4N3O3S. The number of rotatable bonds is 4. The van der Waals surface area contributed by atoms with Gasteiger partial charge in [0.2, 0.25) is 0 Å². The highest BCUT2D eigenvalue weighted by molar-refractivity contribution is 7.90. The van der Waals surface area contributed by atoms with Crippen molar-refractivity contribution in [1.29, 1.82) is 0 Å². The summed E-state index contributed by atoms with van der Waals surface area (Å²) in [5, 5.41) is 0.282. The zero-order valence-electron chi connectivity index (χ0n) is 13.8. The highest BCUT2D eigenvalue weighted by Crippen LogP contribution is 2.26. The molecule has 11 heteroatoms. The van der Waals surface area contributed by atoms with E-state index in [1.807, 2.05) is 0 Å². The molecular weight excluding hydrogens is 390 g/mol. The molecule has 2 aromatic rings. The largest absolute Gasteiger partial charge is 0.511 e. The summed E-state index contributed by atoms with van der Waals surface area (Å²) in [6.07, 6.45) is 2.25. The normalized spacial score (nSPS) is 18.2. The van der Waals surface area contributed by atoms with Gasteiger partial charge in [-0.25, -0.2) is 17.5 Å². The molecule has 0 aliphatic carbocycles. The van der Waals surface area contributed by atoms with Crippen molar-refractivity contribution in [3.05, 3.63) is 41.8 Å². The van der Waals surface area contributed by atoms with Gasteiger partial charge in [0.15, 0.2) is 0 Å². The third kappa shape index (κ3) is 3.88. The van der Waals surface area contributed by atoms with Crippen molar-refractivity contribution in [2.75, 3.05) is 13.1 Å². The lowest BCUT2D eigenvalue weighted by Crippen LogP contribution is -2.46. The molecule has 0 saturated carbocycles. The average molecular weight is 405 g/mol. The van der Waals surface area contributed by atoms with E-state index in [4.69, 9.17) is 0 Å². The lowest BCUT2D eigenvalue weighted by molar-refractivity contribution is -0.0448. The van der Waals surface area contributed by atoms with Crippen molar-refractivity contribution >= 4 is 26.8 Å². The summed E-state index contributed by atoms with van der Waals surface area (Å²) in [6.45, 7) is -0.290. The van der Waals surface area contributed by atoms with E-state index in [1.54, 1.807) is 0 Å². The number of benzene rings is 1. The van der Waals surface area contributed by atoms with Crippen LogP contribution < -0.4 is 4.72 Å². The molecule has 1 amide bonds. The fraction of sp³-hybridized carbons (Fsp3) is 0.375. The number of hydrogen-bond donors (Lipinski definition) is 1. The van der Waals surface area contributed by atoms with E-state index in [-0.39, 0.29) is 17.5 Å². The van der Waals surface area contributed by atoms with E-state index in [1.165, 1.54) is 34.0 Å². The Morgan fingerprint density at radius 2 is 2.04 bits per heavy atom. The Bertz CT molecular complexity index is 979. The number of likely N-dealkylation sites (tertiary alicyclic amines) is 1. The summed E-state index contributed by atoms with van der Waals surface area (Å²) in [4.78, 5) is 18.2. The minimum Gasteiger partial charge on any atom is -0.334 e. The second-order valence-electron chi connectivity index (χ2n) is 6.11. The van der Waals surface area contributed by atoms with Crippen molar-refractivity contribution in [3.8, 4) is 0 Å². The van der Waals surface area contributed by atoms with E-state index >= 15 is 0 Å². The van der Waals surface area contributed by atoms with Gasteiger partial charge in [0, 0.05) is 30.7 Å². The maximum Gasteiger partial charge on any atom is 0.511 e. The van der Waals surface area contributed by atoms with Crippen LogP contribution in [0.1, 0.15) is 23.2 Å². The van der Waals surface area contributed by atoms with Gasteiger partial charge in [-0.05, 0) is 37.1 Å². The molecule has 1 unspecified atom stereocenters. The monoisotopic (exact) mass is 405 g/mol. The van der Waals surface area contributed by atoms with Crippen molar-refractivity contribution < 1.29 is 30.8 Å². The first-order valence-electron chi connectivity index (χ1n) is 8.01. The molecule has 1 N–H and O–H groups in total. The molecule has 1 atom stereocenters. The number of nitrogens with one attached hydrogen (secondary N) is 1. The number of fused-ring (bicyclic) bond motifs is 1. The second-order valence-corrected chi connectivity index (χ2v) is 7.87. The zero-order valence-corrected chi connectivity index (χ0v) is 14.6. The lowest BCUT2D eigenvalue weighted by atomic mass is 10.1. The molecule has 0 bridgehead atoms. The molecule has 27 heavy (non-hydrogen) atoms. The molecule has 0 spiro atoms. The van der Waals surface area contributed by atoms with Crippen LogP contribution in [0.5, 0.6) is 0 Å². The summed E-state index contributed by atoms with van der Waals surface area (Å²) in [5.74, 6) is -1.07. The van der Waals surface area contributed by atoms with Crippen molar-refractivity contribution in [1.82, 2.24) is 14.6 Å². The molecule has 1 aromatic carbocycles. The second kappa shape index (κ2) is 7.04. The third-order valence-electron chi connectivity index (χ3n) is 4.39. The van der Waals surface area contributed by atoms with Gasteiger partial charge in [0.05, 0.1) is 11.1 Å². The molecule has 1 aliphatic heterocycles. The number of hydrogen-bond acceptors (Lipinski definition) is 4. The maximum atomic E-state index is 13.6. The fourth-order valence-electron chi connectivity index (χ4n) is 3.06. The number of pyridine rings is 1. The summed E-state index contributed by atoms with van der Waals surface area (Å²) in [5.41, 5.74) is -4.86. The molecule has 1 saturated heterocycles. The Morgan fingerprint density at radius 3 is 2.74 bits per heavy atom. The van der Waals surface area contributed by atoms with Crippen molar-refractivity contribution in [3.63, 3.8) is 0 Å². The first kappa shape index (κ1) is 19.5. The lowest BCUT2D eigenvalue weighted by Gasteiger charge is -2.25. The summed E-state index contributed by atoms with van der Waals surface area (Å²) in [7, 11) is -5.49. The van der Waals surface area contributed by atoms with Crippen LogP contribution in [-0.4, -0.2) is 48.8 Å². The molecule has 3 rings (SSSR count). The van der Waals surface area contributed by atoms with Gasteiger partial charge in [-0.15, -0.1) is 0 Å². The average Bonchev–Trinajstić information content (AvgIpc) is 3.06. The van der Waals surface area contributed by atoms with Crippen LogP contribution >= 0.6 is 0 Å². The minimum absolute atomic E-state index is 0.157. The van der Waals surface area contributed by atoms with Crippen LogP contribution in [-0.2, 0) is 10.0 Å². The van der Waals surface area contributed by atoms with Gasteiger partial charge in [0.25, 0.3) is 5.91 Å². The number of amides is 1. The molecule has 1 aliphatic rings. The number of nitrogens with zero attached hydrogens (tertiary/aromatic N) is 2. The zero-order chi connectivity index (χ0) is 19.8. The maximum absolute atomic E-state index is 13.6. The minimum atomic E-state index is -5.49. The van der Waals surface area contributed by atoms with Gasteiger partial charge in [-0.1, -0.05) is 0 Å². The Labute approximate surface area is 152 Å². The Balaban J connectivity index is 1.84. The highest BCUT2D eigenvalue weighted by Gasteiger charge is 2.46. The van der Waals surface area contributed by atoms with Gasteiger partial charge in [-0.3, -0.25) is 9.78 Å². The quantitative estimate of drug-likeness (QED) is 0.793. The Hall–Kier alpha value is -2.27. The van der Waals surface area contributed by atoms with Crippen LogP contribution in [0.2, 0.25) is 0 Å². The fourth-order valence-corrected chi connectivity index (χ4v) is 3.64. The predicted molar refractivity (Wildman–Crippen MR) is 88.7 cm³/mol. The summed E-state index contributed by atoms with van der Waals surface area (Å²) >= 11 is 0. The number of halogens is 4. The summed E-state index contributed by atoms with van der Waals surface area (Å²) < 4.78 is 74.8. The van der Waals surface area contributed by atoms with Crippen LogP contribution in [0.3, 0.4) is 0 Å². The van der Waals surface area contributed by atoms with Crippen molar-refractivity contribution in [2.24, 2.45) is 0 Å². The smallest absolute Gasteiger partial charge is 0.334 e. The molecule has 146 valence electrons. The highest BCUT2D eigenvalue weighted by atomic mass is 32.2. The predicted octanol–water partition coefficient (Wildman–Crippen LogP) is 2.42. The SMILES string of the molecule is O=C(c1ccnc2ccc(F)cc12)N1CCCC1CNS(=O)(=O)C(F)(F)F. The molecule has 1 aromatic heterocycles. The topological polar surface area (TPSA) is 79.4 Å². The van der Waals surface area contributed by atoms with Gasteiger partial charge in [0.1, 0.15) is 5.82 Å². The number of alkyl halides is 3. The number of sulfonamides is 1.